The molecular weight excluding hydrogens is 548 g/mol. The lowest BCUT2D eigenvalue weighted by molar-refractivity contribution is 0.355. The van der Waals surface area contributed by atoms with E-state index in [-0.39, 0.29) is 5.56 Å². The first-order valence-corrected chi connectivity index (χ1v) is 14.1. The first-order chi connectivity index (χ1) is 21.5. The molecule has 1 heterocycles. The third kappa shape index (κ3) is 5.64. The Morgan fingerprint density at radius 3 is 2.20 bits per heavy atom. The number of fused-ring (bicyclic) bond motifs is 2. The standard InChI is InChI=1S/C38H30N2O4/c1-25-21-26(9-10-27-11-15-30-24-31(42-2)17-16-29(30)22-27)12-18-34(25)40-37(39-33-8-6-5-7-32(33)38(40)41)20-14-28-13-19-35(43-3)36(23-28)44-4/h5-8,11-24H,1-4H3. The Bertz CT molecular complexity index is 2180. The topological polar surface area (TPSA) is 62.6 Å². The zero-order valence-electron chi connectivity index (χ0n) is 24.9. The van der Waals surface area contributed by atoms with Crippen LogP contribution in [0.3, 0.4) is 0 Å². The predicted octanol–water partition coefficient (Wildman–Crippen LogP) is 7.44. The number of aromatic nitrogens is 2. The smallest absolute Gasteiger partial charge is 0.266 e. The van der Waals surface area contributed by atoms with Crippen molar-refractivity contribution in [2.24, 2.45) is 0 Å². The second-order valence-corrected chi connectivity index (χ2v) is 10.3. The number of para-hydroxylation sites is 1. The summed E-state index contributed by atoms with van der Waals surface area (Å²) in [6, 6.07) is 31.0. The molecule has 0 N–H and O–H groups in total. The van der Waals surface area contributed by atoms with Gasteiger partial charge in [-0.2, -0.15) is 0 Å². The van der Waals surface area contributed by atoms with Crippen molar-refractivity contribution >= 4 is 33.8 Å². The van der Waals surface area contributed by atoms with Gasteiger partial charge in [0.25, 0.3) is 5.56 Å². The highest BCUT2D eigenvalue weighted by Crippen LogP contribution is 2.28. The van der Waals surface area contributed by atoms with Gasteiger partial charge in [-0.15, -0.1) is 0 Å². The van der Waals surface area contributed by atoms with E-state index in [1.165, 1.54) is 0 Å². The van der Waals surface area contributed by atoms with Crippen LogP contribution < -0.4 is 19.8 Å². The van der Waals surface area contributed by atoms with Crippen LogP contribution in [0.4, 0.5) is 0 Å². The summed E-state index contributed by atoms with van der Waals surface area (Å²) in [7, 11) is 4.87. The molecule has 6 aromatic rings. The van der Waals surface area contributed by atoms with Crippen LogP contribution in [-0.4, -0.2) is 30.9 Å². The molecule has 1 aromatic heterocycles. The third-order valence-corrected chi connectivity index (χ3v) is 7.47. The summed E-state index contributed by atoms with van der Waals surface area (Å²) >= 11 is 0. The van der Waals surface area contributed by atoms with Crippen LogP contribution in [0.5, 0.6) is 17.2 Å². The van der Waals surface area contributed by atoms with E-state index in [2.05, 4.69) is 17.9 Å². The Kier molecular flexibility index (Phi) is 7.86. The molecule has 0 fully saturated rings. The van der Waals surface area contributed by atoms with Crippen LogP contribution >= 0.6 is 0 Å². The average molecular weight is 579 g/mol. The van der Waals surface area contributed by atoms with Crippen molar-refractivity contribution < 1.29 is 14.2 Å². The van der Waals surface area contributed by atoms with Crippen LogP contribution in [-0.2, 0) is 0 Å². The van der Waals surface area contributed by atoms with Crippen molar-refractivity contribution in [3.8, 4) is 34.8 Å². The average Bonchev–Trinajstić information content (AvgIpc) is 3.06. The Morgan fingerprint density at radius 2 is 1.43 bits per heavy atom. The highest BCUT2D eigenvalue weighted by atomic mass is 16.5. The van der Waals surface area contributed by atoms with Crippen molar-refractivity contribution in [1.29, 1.82) is 0 Å². The van der Waals surface area contributed by atoms with E-state index >= 15 is 0 Å². The van der Waals surface area contributed by atoms with E-state index in [4.69, 9.17) is 19.2 Å². The number of rotatable bonds is 6. The molecule has 0 atom stereocenters. The van der Waals surface area contributed by atoms with E-state index in [9.17, 15) is 4.79 Å². The molecule has 0 amide bonds. The molecular formula is C38H30N2O4. The van der Waals surface area contributed by atoms with E-state index in [1.54, 1.807) is 32.0 Å². The Hall–Kier alpha value is -5.80. The van der Waals surface area contributed by atoms with Crippen molar-refractivity contribution in [1.82, 2.24) is 9.55 Å². The van der Waals surface area contributed by atoms with Gasteiger partial charge in [0, 0.05) is 11.1 Å². The number of hydrogen-bond donors (Lipinski definition) is 0. The summed E-state index contributed by atoms with van der Waals surface area (Å²) in [5.74, 6) is 9.16. The number of nitrogens with zero attached hydrogens (tertiary/aromatic N) is 2. The van der Waals surface area contributed by atoms with Crippen LogP contribution in [0.25, 0.3) is 39.5 Å². The lowest BCUT2D eigenvalue weighted by Gasteiger charge is -2.14. The quantitative estimate of drug-likeness (QED) is 0.192. The molecule has 0 unspecified atom stereocenters. The summed E-state index contributed by atoms with van der Waals surface area (Å²) < 4.78 is 17.8. The summed E-state index contributed by atoms with van der Waals surface area (Å²) in [5.41, 5.74) is 4.79. The molecule has 0 radical (unpaired) electrons. The molecule has 0 saturated carbocycles. The maximum absolute atomic E-state index is 13.9. The normalized spacial score (nSPS) is 11.0. The minimum absolute atomic E-state index is 0.141. The minimum atomic E-state index is -0.141. The first-order valence-electron chi connectivity index (χ1n) is 14.1. The predicted molar refractivity (Wildman–Crippen MR) is 177 cm³/mol. The van der Waals surface area contributed by atoms with Gasteiger partial charge >= 0.3 is 0 Å². The molecule has 0 spiro atoms. The highest BCUT2D eigenvalue weighted by molar-refractivity contribution is 5.85. The number of hydrogen-bond acceptors (Lipinski definition) is 5. The monoisotopic (exact) mass is 578 g/mol. The second kappa shape index (κ2) is 12.2. The van der Waals surface area contributed by atoms with E-state index < -0.39 is 0 Å². The third-order valence-electron chi connectivity index (χ3n) is 7.47. The van der Waals surface area contributed by atoms with Crippen LogP contribution in [0.2, 0.25) is 0 Å². The number of ether oxygens (including phenoxy) is 3. The fraction of sp³-hybridized carbons (Fsp3) is 0.105. The highest BCUT2D eigenvalue weighted by Gasteiger charge is 2.13. The van der Waals surface area contributed by atoms with Gasteiger partial charge < -0.3 is 14.2 Å². The maximum Gasteiger partial charge on any atom is 0.266 e. The Balaban J connectivity index is 1.38. The zero-order valence-corrected chi connectivity index (χ0v) is 24.9. The van der Waals surface area contributed by atoms with Gasteiger partial charge in [0.05, 0.1) is 37.9 Å². The number of methoxy groups -OCH3 is 3. The zero-order chi connectivity index (χ0) is 30.6. The molecule has 6 rings (SSSR count). The summed E-state index contributed by atoms with van der Waals surface area (Å²) in [4.78, 5) is 18.7. The van der Waals surface area contributed by atoms with E-state index in [0.717, 1.165) is 44.5 Å². The number of benzene rings is 5. The van der Waals surface area contributed by atoms with Gasteiger partial charge in [0.2, 0.25) is 0 Å². The Labute approximate surface area is 255 Å². The molecule has 6 nitrogen and oxygen atoms in total. The fourth-order valence-corrected chi connectivity index (χ4v) is 5.18. The van der Waals surface area contributed by atoms with Crippen LogP contribution in [0.1, 0.15) is 28.1 Å². The lowest BCUT2D eigenvalue weighted by Crippen LogP contribution is -2.23. The SMILES string of the molecule is COc1ccc2cc(C#Cc3ccc(-n4c(C=Cc5ccc(OC)c(OC)c5)nc5ccccc5c4=O)c(C)c3)ccc2c1. The maximum atomic E-state index is 13.9. The van der Waals surface area contributed by atoms with Crippen molar-refractivity contribution in [2.75, 3.05) is 21.3 Å². The minimum Gasteiger partial charge on any atom is -0.497 e. The second-order valence-electron chi connectivity index (χ2n) is 10.3. The van der Waals surface area contributed by atoms with Gasteiger partial charge in [-0.1, -0.05) is 48.2 Å². The molecule has 0 bridgehead atoms. The number of aryl methyl sites for hydroxylation is 1. The molecule has 0 saturated heterocycles. The molecule has 5 aromatic carbocycles. The van der Waals surface area contributed by atoms with Crippen molar-refractivity contribution in [3.63, 3.8) is 0 Å². The molecule has 6 heteroatoms. The van der Waals surface area contributed by atoms with Gasteiger partial charge in [-0.3, -0.25) is 9.36 Å². The van der Waals surface area contributed by atoms with E-state index in [0.29, 0.717) is 28.2 Å². The molecule has 0 aliphatic carbocycles. The van der Waals surface area contributed by atoms with Crippen molar-refractivity contribution in [3.05, 3.63) is 135 Å². The summed E-state index contributed by atoms with van der Waals surface area (Å²) in [5, 5.41) is 2.74. The fourth-order valence-electron chi connectivity index (χ4n) is 5.18. The largest absolute Gasteiger partial charge is 0.497 e. The lowest BCUT2D eigenvalue weighted by atomic mass is 10.1. The van der Waals surface area contributed by atoms with Gasteiger partial charge in [-0.25, -0.2) is 4.98 Å². The first kappa shape index (κ1) is 28.3. The molecule has 44 heavy (non-hydrogen) atoms. The van der Waals surface area contributed by atoms with E-state index in [1.807, 2.05) is 104 Å². The summed E-state index contributed by atoms with van der Waals surface area (Å²) in [6.45, 7) is 1.98. The molecule has 0 aliphatic heterocycles. The van der Waals surface area contributed by atoms with Gasteiger partial charge in [0.1, 0.15) is 11.6 Å². The van der Waals surface area contributed by atoms with Crippen LogP contribution in [0, 0.1) is 18.8 Å². The molecule has 216 valence electrons. The van der Waals surface area contributed by atoms with Gasteiger partial charge in [0.15, 0.2) is 11.5 Å². The van der Waals surface area contributed by atoms with Gasteiger partial charge in [-0.05, 0) is 102 Å². The van der Waals surface area contributed by atoms with Crippen LogP contribution in [0.15, 0.2) is 102 Å². The molecule has 0 aliphatic rings. The summed E-state index contributed by atoms with van der Waals surface area (Å²) in [6.07, 6.45) is 3.75. The Morgan fingerprint density at radius 1 is 0.705 bits per heavy atom. The van der Waals surface area contributed by atoms with Crippen molar-refractivity contribution in [2.45, 2.75) is 6.92 Å².